The second-order valence-electron chi connectivity index (χ2n) is 5.18. The van der Waals surface area contributed by atoms with Crippen LogP contribution in [0.5, 0.6) is 0 Å². The molecular formula is C17H20N4O3. The third-order valence-corrected chi connectivity index (χ3v) is 3.60. The molecule has 0 bridgehead atoms. The highest BCUT2D eigenvalue weighted by Crippen LogP contribution is 2.28. The summed E-state index contributed by atoms with van der Waals surface area (Å²) in [6.07, 6.45) is 2.00. The van der Waals surface area contributed by atoms with Gasteiger partial charge in [-0.2, -0.15) is 5.26 Å². The summed E-state index contributed by atoms with van der Waals surface area (Å²) in [5.74, 6) is -0.986. The topological polar surface area (TPSA) is 99.3 Å². The molecule has 0 saturated carbocycles. The van der Waals surface area contributed by atoms with Gasteiger partial charge in [-0.25, -0.2) is 4.79 Å². The first-order valence-electron chi connectivity index (χ1n) is 7.87. The molecule has 0 amide bonds. The molecule has 2 heterocycles. The van der Waals surface area contributed by atoms with Gasteiger partial charge in [-0.15, -0.1) is 0 Å². The lowest BCUT2D eigenvalue weighted by Crippen LogP contribution is -2.49. The van der Waals surface area contributed by atoms with Gasteiger partial charge in [0.2, 0.25) is 0 Å². The van der Waals surface area contributed by atoms with Gasteiger partial charge < -0.3 is 14.7 Å². The fourth-order valence-corrected chi connectivity index (χ4v) is 2.67. The first-order valence-corrected chi connectivity index (χ1v) is 7.87. The number of morpholine rings is 1. The number of hydrogen-bond donors (Lipinski definition) is 1. The summed E-state index contributed by atoms with van der Waals surface area (Å²) in [6.45, 7) is 6.62. The van der Waals surface area contributed by atoms with Crippen molar-refractivity contribution in [2.45, 2.75) is 33.0 Å². The van der Waals surface area contributed by atoms with Gasteiger partial charge in [0.1, 0.15) is 17.1 Å². The second-order valence-corrected chi connectivity index (χ2v) is 5.18. The third kappa shape index (κ3) is 3.44. The molecule has 126 valence electrons. The van der Waals surface area contributed by atoms with Crippen LogP contribution in [0, 0.1) is 11.3 Å². The predicted molar refractivity (Wildman–Crippen MR) is 89.8 cm³/mol. The molecule has 1 aromatic carbocycles. The minimum absolute atomic E-state index is 0.211. The average Bonchev–Trinajstić information content (AvgIpc) is 2.62. The lowest BCUT2D eigenvalue weighted by molar-refractivity contribution is -0.154. The van der Waals surface area contributed by atoms with E-state index in [1.165, 1.54) is 6.20 Å². The summed E-state index contributed by atoms with van der Waals surface area (Å²) < 4.78 is 5.43. The number of aromatic nitrogens is 2. The Morgan fingerprint density at radius 1 is 1.29 bits per heavy atom. The van der Waals surface area contributed by atoms with Crippen molar-refractivity contribution in [3.8, 4) is 6.07 Å². The van der Waals surface area contributed by atoms with Crippen molar-refractivity contribution in [3.05, 3.63) is 30.1 Å². The van der Waals surface area contributed by atoms with Crippen molar-refractivity contribution in [2.24, 2.45) is 0 Å². The van der Waals surface area contributed by atoms with Crippen molar-refractivity contribution < 1.29 is 14.6 Å². The number of carboxylic acids is 1. The number of rotatable bonds is 2. The summed E-state index contributed by atoms with van der Waals surface area (Å²) in [4.78, 5) is 21.7. The molecular weight excluding hydrogens is 308 g/mol. The highest BCUT2D eigenvalue weighted by atomic mass is 16.5. The van der Waals surface area contributed by atoms with Gasteiger partial charge in [0.15, 0.2) is 6.10 Å². The molecule has 1 aliphatic heterocycles. The second kappa shape index (κ2) is 7.70. The van der Waals surface area contributed by atoms with Gasteiger partial charge in [0.25, 0.3) is 0 Å². The van der Waals surface area contributed by atoms with E-state index in [-0.39, 0.29) is 12.6 Å². The molecule has 7 nitrogen and oxygen atoms in total. The number of nitrogens with zero attached hydrogens (tertiary/aromatic N) is 4. The highest BCUT2D eigenvalue weighted by molar-refractivity contribution is 5.92. The fraction of sp³-hybridized carbons (Fsp3) is 0.412. The van der Waals surface area contributed by atoms with Gasteiger partial charge >= 0.3 is 5.97 Å². The number of anilines is 1. The maximum Gasteiger partial charge on any atom is 0.334 e. The van der Waals surface area contributed by atoms with Crippen molar-refractivity contribution in [1.29, 1.82) is 5.26 Å². The normalized spacial score (nSPS) is 20.0. The van der Waals surface area contributed by atoms with Gasteiger partial charge in [-0.3, -0.25) is 9.97 Å². The number of ether oxygens (including phenoxy) is 1. The van der Waals surface area contributed by atoms with Crippen LogP contribution in [-0.2, 0) is 9.53 Å². The largest absolute Gasteiger partial charge is 0.479 e. The fourth-order valence-electron chi connectivity index (χ4n) is 2.67. The Morgan fingerprint density at radius 3 is 2.58 bits per heavy atom. The SMILES string of the molecule is CC.CC1CN(c2ccc(C#N)c3nccnc23)CC(C(=O)O)O1. The third-order valence-electron chi connectivity index (χ3n) is 3.60. The molecule has 7 heteroatoms. The minimum Gasteiger partial charge on any atom is -0.479 e. The Hall–Kier alpha value is -2.72. The molecule has 1 N–H and O–H groups in total. The molecule has 1 aliphatic rings. The lowest BCUT2D eigenvalue weighted by Gasteiger charge is -2.36. The molecule has 0 spiro atoms. The van der Waals surface area contributed by atoms with Gasteiger partial charge in [-0.1, -0.05) is 13.8 Å². The van der Waals surface area contributed by atoms with Crippen molar-refractivity contribution >= 4 is 22.7 Å². The van der Waals surface area contributed by atoms with Crippen LogP contribution >= 0.6 is 0 Å². The van der Waals surface area contributed by atoms with E-state index in [1.54, 1.807) is 18.3 Å². The van der Waals surface area contributed by atoms with Crippen LogP contribution in [0.3, 0.4) is 0 Å². The van der Waals surface area contributed by atoms with E-state index >= 15 is 0 Å². The number of fused-ring (bicyclic) bond motifs is 1. The molecule has 2 unspecified atom stereocenters. The molecule has 0 aliphatic carbocycles. The van der Waals surface area contributed by atoms with Crippen LogP contribution in [0.25, 0.3) is 11.0 Å². The van der Waals surface area contributed by atoms with Gasteiger partial charge in [0, 0.05) is 18.9 Å². The summed E-state index contributed by atoms with van der Waals surface area (Å²) in [7, 11) is 0. The van der Waals surface area contributed by atoms with Gasteiger partial charge in [-0.05, 0) is 19.1 Å². The number of aliphatic carboxylic acids is 1. The van der Waals surface area contributed by atoms with E-state index < -0.39 is 12.1 Å². The molecule has 1 saturated heterocycles. The zero-order chi connectivity index (χ0) is 17.7. The van der Waals surface area contributed by atoms with E-state index in [1.807, 2.05) is 25.7 Å². The number of carbonyl (C=O) groups is 1. The Bertz CT molecular complexity index is 772. The molecule has 0 radical (unpaired) electrons. The monoisotopic (exact) mass is 328 g/mol. The van der Waals surface area contributed by atoms with Crippen LogP contribution < -0.4 is 4.90 Å². The summed E-state index contributed by atoms with van der Waals surface area (Å²) in [5, 5.41) is 18.4. The quantitative estimate of drug-likeness (QED) is 0.902. The summed E-state index contributed by atoms with van der Waals surface area (Å²) in [6, 6.07) is 5.56. The van der Waals surface area contributed by atoms with E-state index in [9.17, 15) is 9.90 Å². The van der Waals surface area contributed by atoms with Crippen molar-refractivity contribution in [2.75, 3.05) is 18.0 Å². The molecule has 3 rings (SSSR count). The van der Waals surface area contributed by atoms with Gasteiger partial charge in [0.05, 0.1) is 23.9 Å². The number of benzene rings is 1. The van der Waals surface area contributed by atoms with E-state index in [0.717, 1.165) is 5.69 Å². The Kier molecular flexibility index (Phi) is 5.66. The summed E-state index contributed by atoms with van der Waals surface area (Å²) in [5.41, 5.74) is 2.33. The zero-order valence-electron chi connectivity index (χ0n) is 13.9. The molecule has 1 fully saturated rings. The summed E-state index contributed by atoms with van der Waals surface area (Å²) >= 11 is 0. The van der Waals surface area contributed by atoms with E-state index in [4.69, 9.17) is 10.00 Å². The molecule has 2 aromatic rings. The van der Waals surface area contributed by atoms with Crippen LogP contribution in [0.2, 0.25) is 0 Å². The van der Waals surface area contributed by atoms with Crippen LogP contribution in [-0.4, -0.2) is 46.3 Å². The van der Waals surface area contributed by atoms with Crippen LogP contribution in [0.4, 0.5) is 5.69 Å². The first kappa shape index (κ1) is 17.6. The molecule has 1 aromatic heterocycles. The standard InChI is InChI=1S/C15H14N4O3.C2H6/c1-9-7-19(8-12(22-9)15(20)21)11-3-2-10(6-16)13-14(11)18-5-4-17-13;1-2/h2-5,9,12H,7-8H2,1H3,(H,20,21);1-2H3. The molecule has 2 atom stereocenters. The predicted octanol–water partition coefficient (Wildman–Crippen LogP) is 2.21. The Balaban J connectivity index is 0.00000100. The smallest absolute Gasteiger partial charge is 0.334 e. The van der Waals surface area contributed by atoms with E-state index in [0.29, 0.717) is 23.1 Å². The lowest BCUT2D eigenvalue weighted by atomic mass is 10.1. The average molecular weight is 328 g/mol. The van der Waals surface area contributed by atoms with E-state index in [2.05, 4.69) is 16.0 Å². The number of carboxylic acid groups (broad SMARTS) is 1. The highest BCUT2D eigenvalue weighted by Gasteiger charge is 2.31. The van der Waals surface area contributed by atoms with Crippen LogP contribution in [0.15, 0.2) is 24.5 Å². The first-order chi connectivity index (χ1) is 11.6. The minimum atomic E-state index is -0.986. The maximum atomic E-state index is 11.2. The number of nitriles is 1. The van der Waals surface area contributed by atoms with Crippen molar-refractivity contribution in [3.63, 3.8) is 0 Å². The van der Waals surface area contributed by atoms with Crippen molar-refractivity contribution in [1.82, 2.24) is 9.97 Å². The maximum absolute atomic E-state index is 11.2. The van der Waals surface area contributed by atoms with Crippen LogP contribution in [0.1, 0.15) is 26.3 Å². The molecule has 24 heavy (non-hydrogen) atoms. The zero-order valence-corrected chi connectivity index (χ0v) is 13.9. The Labute approximate surface area is 140 Å². The number of hydrogen-bond acceptors (Lipinski definition) is 6. The Morgan fingerprint density at radius 2 is 1.96 bits per heavy atom.